The molecule has 0 unspecified atom stereocenters. The Morgan fingerprint density at radius 2 is 2.17 bits per heavy atom. The first kappa shape index (κ1) is 23.1. The maximum Gasteiger partial charge on any atom is 0.246 e. The second-order valence-electron chi connectivity index (χ2n) is 8.57. The van der Waals surface area contributed by atoms with Crippen molar-refractivity contribution in [3.05, 3.63) is 78.0 Å². The Balaban J connectivity index is 1.60. The third-order valence-corrected chi connectivity index (χ3v) is 6.65. The molecule has 0 bridgehead atoms. The van der Waals surface area contributed by atoms with E-state index >= 15 is 4.39 Å². The Hall–Kier alpha value is -3.71. The van der Waals surface area contributed by atoms with Gasteiger partial charge < -0.3 is 14.6 Å². The van der Waals surface area contributed by atoms with Crippen LogP contribution in [0, 0.1) is 12.7 Å². The van der Waals surface area contributed by atoms with Crippen LogP contribution in [0.15, 0.2) is 61.6 Å². The van der Waals surface area contributed by atoms with Gasteiger partial charge in [-0.05, 0) is 61.7 Å². The fourth-order valence-electron chi connectivity index (χ4n) is 4.67. The Labute approximate surface area is 207 Å². The number of aromatic nitrogens is 3. The van der Waals surface area contributed by atoms with E-state index in [1.807, 2.05) is 19.1 Å². The molecule has 0 spiro atoms. The molecule has 1 amide bonds. The van der Waals surface area contributed by atoms with Crippen molar-refractivity contribution >= 4 is 28.5 Å². The van der Waals surface area contributed by atoms with Crippen LogP contribution in [-0.4, -0.2) is 45.0 Å². The summed E-state index contributed by atoms with van der Waals surface area (Å²) < 4.78 is 21.3. The van der Waals surface area contributed by atoms with E-state index in [9.17, 15) is 4.79 Å². The third-order valence-electron chi connectivity index (χ3n) is 6.41. The molecule has 4 aromatic rings. The van der Waals surface area contributed by atoms with Crippen molar-refractivity contribution < 1.29 is 13.9 Å². The highest BCUT2D eigenvalue weighted by Crippen LogP contribution is 2.42. The molecule has 1 atom stereocenters. The summed E-state index contributed by atoms with van der Waals surface area (Å²) in [5, 5.41) is 0.425. The highest BCUT2D eigenvalue weighted by atomic mass is 35.5. The maximum atomic E-state index is 15.1. The fourth-order valence-corrected chi connectivity index (χ4v) is 4.84. The number of halogens is 2. The lowest BCUT2D eigenvalue weighted by Gasteiger charge is -2.24. The van der Waals surface area contributed by atoms with E-state index in [0.29, 0.717) is 51.8 Å². The molecule has 0 radical (unpaired) electrons. The quantitative estimate of drug-likeness (QED) is 0.339. The topological polar surface area (TPSA) is 71.1 Å². The highest BCUT2D eigenvalue weighted by Gasteiger charge is 2.28. The van der Waals surface area contributed by atoms with Gasteiger partial charge in [0, 0.05) is 40.7 Å². The van der Waals surface area contributed by atoms with Gasteiger partial charge >= 0.3 is 0 Å². The number of nitrogens with one attached hydrogen (secondary N) is 1. The lowest BCUT2D eigenvalue weighted by atomic mass is 9.99. The van der Waals surface area contributed by atoms with Crippen molar-refractivity contribution in [2.45, 2.75) is 25.8 Å². The van der Waals surface area contributed by atoms with E-state index in [2.05, 4.69) is 21.5 Å². The number of carbonyl (C=O) groups is 1. The van der Waals surface area contributed by atoms with Crippen LogP contribution in [0.4, 0.5) is 4.39 Å². The smallest absolute Gasteiger partial charge is 0.246 e. The van der Waals surface area contributed by atoms with Crippen LogP contribution in [0.1, 0.15) is 18.4 Å². The monoisotopic (exact) mass is 490 g/mol. The lowest BCUT2D eigenvalue weighted by molar-refractivity contribution is -0.127. The molecule has 35 heavy (non-hydrogen) atoms. The van der Waals surface area contributed by atoms with Gasteiger partial charge in [-0.15, -0.1) is 0 Å². The van der Waals surface area contributed by atoms with E-state index in [4.69, 9.17) is 16.3 Å². The van der Waals surface area contributed by atoms with Gasteiger partial charge in [-0.1, -0.05) is 18.2 Å². The average Bonchev–Trinajstić information content (AvgIpc) is 3.49. The molecular weight excluding hydrogens is 467 g/mol. The number of likely N-dealkylation sites (tertiary alicyclic amines) is 1. The van der Waals surface area contributed by atoms with Crippen molar-refractivity contribution in [2.75, 3.05) is 13.2 Å². The molecule has 3 aromatic heterocycles. The Bertz CT molecular complexity index is 1430. The van der Waals surface area contributed by atoms with Gasteiger partial charge in [-0.2, -0.15) is 0 Å². The number of ether oxygens (including phenoxy) is 1. The van der Waals surface area contributed by atoms with Gasteiger partial charge in [0.25, 0.3) is 0 Å². The number of hydrogen-bond donors (Lipinski definition) is 1. The van der Waals surface area contributed by atoms with Crippen LogP contribution >= 0.6 is 11.6 Å². The summed E-state index contributed by atoms with van der Waals surface area (Å²) in [6, 6.07) is 8.15. The highest BCUT2D eigenvalue weighted by molar-refractivity contribution is 6.31. The maximum absolute atomic E-state index is 15.1. The molecule has 1 aliphatic rings. The Morgan fingerprint density at radius 3 is 3.00 bits per heavy atom. The summed E-state index contributed by atoms with van der Waals surface area (Å²) >= 11 is 6.25. The van der Waals surface area contributed by atoms with E-state index in [1.165, 1.54) is 18.2 Å². The summed E-state index contributed by atoms with van der Waals surface area (Å²) in [5.41, 5.74) is 4.74. The molecule has 4 heterocycles. The summed E-state index contributed by atoms with van der Waals surface area (Å²) in [5.74, 6) is 0.0256. The van der Waals surface area contributed by atoms with E-state index in [0.717, 1.165) is 23.9 Å². The minimum Gasteiger partial charge on any atom is -0.489 e. The van der Waals surface area contributed by atoms with Crippen LogP contribution in [0.5, 0.6) is 5.75 Å². The van der Waals surface area contributed by atoms with Gasteiger partial charge in [0.2, 0.25) is 5.91 Å². The zero-order valence-electron chi connectivity index (χ0n) is 19.2. The summed E-state index contributed by atoms with van der Waals surface area (Å²) in [4.78, 5) is 26.2. The fraction of sp³-hybridized carbons (Fsp3) is 0.222. The predicted molar refractivity (Wildman–Crippen MR) is 135 cm³/mol. The van der Waals surface area contributed by atoms with E-state index < -0.39 is 5.82 Å². The molecule has 1 saturated heterocycles. The number of fused-ring (bicyclic) bond motifs is 1. The van der Waals surface area contributed by atoms with Gasteiger partial charge in [-0.3, -0.25) is 14.8 Å². The molecule has 0 saturated carbocycles. The number of aryl methyl sites for hydroxylation is 1. The number of amides is 1. The van der Waals surface area contributed by atoms with Gasteiger partial charge in [-0.25, -0.2) is 4.39 Å². The number of carbonyl (C=O) groups excluding carboxylic acids is 1. The molecule has 1 fully saturated rings. The summed E-state index contributed by atoms with van der Waals surface area (Å²) in [7, 11) is 0. The molecule has 1 aliphatic heterocycles. The van der Waals surface area contributed by atoms with Gasteiger partial charge in [0.1, 0.15) is 18.2 Å². The number of rotatable bonds is 6. The number of benzene rings is 1. The minimum absolute atomic E-state index is 0.0509. The molecule has 6 nitrogen and oxygen atoms in total. The van der Waals surface area contributed by atoms with E-state index in [-0.39, 0.29) is 11.9 Å². The lowest BCUT2D eigenvalue weighted by Crippen LogP contribution is -2.38. The van der Waals surface area contributed by atoms with Crippen LogP contribution in [0.2, 0.25) is 5.02 Å². The predicted octanol–water partition coefficient (Wildman–Crippen LogP) is 5.95. The minimum atomic E-state index is -0.402. The SMILES string of the molecule is C=CC(=O)N1CCC[C@H]1COc1cnccc1-c1[nH]c2c(C)ccnc2c1-c1cc(Cl)ccc1F. The third kappa shape index (κ3) is 4.28. The standard InChI is InChI=1S/C27H24ClFN4O2/c1-3-23(34)33-12-4-5-18(33)15-35-22-14-30-10-9-19(22)26-24(20-13-17(28)6-7-21(20)29)27-25(32-26)16(2)8-11-31-27/h3,6-11,13-14,18,32H,1,4-5,12,15H2,2H3/t18-/m0/s1. The second-order valence-corrected chi connectivity index (χ2v) is 9.00. The molecule has 1 aromatic carbocycles. The number of nitrogens with zero attached hydrogens (tertiary/aromatic N) is 3. The number of H-pyrrole nitrogens is 1. The number of hydrogen-bond acceptors (Lipinski definition) is 4. The van der Waals surface area contributed by atoms with Crippen molar-refractivity contribution in [1.29, 1.82) is 0 Å². The van der Waals surface area contributed by atoms with Crippen LogP contribution in [-0.2, 0) is 4.79 Å². The van der Waals surface area contributed by atoms with Crippen molar-refractivity contribution in [1.82, 2.24) is 19.9 Å². The second kappa shape index (κ2) is 9.50. The van der Waals surface area contributed by atoms with Crippen LogP contribution in [0.25, 0.3) is 33.4 Å². The van der Waals surface area contributed by atoms with Crippen molar-refractivity contribution in [2.24, 2.45) is 0 Å². The van der Waals surface area contributed by atoms with Gasteiger partial charge in [0.05, 0.1) is 29.0 Å². The molecule has 178 valence electrons. The summed E-state index contributed by atoms with van der Waals surface area (Å²) in [6.07, 6.45) is 8.10. The van der Waals surface area contributed by atoms with Gasteiger partial charge in [0.15, 0.2) is 0 Å². The van der Waals surface area contributed by atoms with Crippen LogP contribution in [0.3, 0.4) is 0 Å². The average molecular weight is 491 g/mol. The number of aromatic amines is 1. The summed E-state index contributed by atoms with van der Waals surface area (Å²) in [6.45, 7) is 6.57. The zero-order chi connectivity index (χ0) is 24.5. The Kier molecular flexibility index (Phi) is 6.26. The molecule has 0 aliphatic carbocycles. The van der Waals surface area contributed by atoms with Crippen LogP contribution < -0.4 is 4.74 Å². The van der Waals surface area contributed by atoms with E-state index in [1.54, 1.807) is 29.6 Å². The first-order chi connectivity index (χ1) is 17.0. The van der Waals surface area contributed by atoms with Crippen molar-refractivity contribution in [3.8, 4) is 28.1 Å². The molecule has 8 heteroatoms. The first-order valence-corrected chi connectivity index (χ1v) is 11.8. The largest absolute Gasteiger partial charge is 0.489 e. The Morgan fingerprint density at radius 1 is 1.31 bits per heavy atom. The molecular formula is C27H24ClFN4O2. The molecule has 1 N–H and O–H groups in total. The van der Waals surface area contributed by atoms with Crippen molar-refractivity contribution in [3.63, 3.8) is 0 Å². The normalized spacial score (nSPS) is 15.5. The number of pyridine rings is 2. The first-order valence-electron chi connectivity index (χ1n) is 11.4. The zero-order valence-corrected chi connectivity index (χ0v) is 20.0. The molecule has 5 rings (SSSR count).